The summed E-state index contributed by atoms with van der Waals surface area (Å²) in [5, 5.41) is 2.17. The Morgan fingerprint density at radius 1 is 1.29 bits per heavy atom. The van der Waals surface area contributed by atoms with Gasteiger partial charge in [-0.15, -0.1) is 0 Å². The molecular formula is C14H11FN2O4. The molecule has 0 aromatic heterocycles. The molecule has 21 heavy (non-hydrogen) atoms. The van der Waals surface area contributed by atoms with Crippen LogP contribution in [-0.4, -0.2) is 34.9 Å². The van der Waals surface area contributed by atoms with Gasteiger partial charge in [0.1, 0.15) is 11.9 Å². The van der Waals surface area contributed by atoms with E-state index in [0.717, 1.165) is 0 Å². The van der Waals surface area contributed by atoms with Crippen molar-refractivity contribution in [2.75, 3.05) is 0 Å². The van der Waals surface area contributed by atoms with Gasteiger partial charge in [0.25, 0.3) is 5.91 Å². The summed E-state index contributed by atoms with van der Waals surface area (Å²) in [4.78, 5) is 47.2. The lowest BCUT2D eigenvalue weighted by Crippen LogP contribution is -2.52. The molecule has 1 aromatic rings. The van der Waals surface area contributed by atoms with Crippen molar-refractivity contribution >= 4 is 24.0 Å². The highest BCUT2D eigenvalue weighted by Gasteiger charge is 2.40. The third-order valence-corrected chi connectivity index (χ3v) is 3.81. The topological polar surface area (TPSA) is 83.6 Å². The van der Waals surface area contributed by atoms with Gasteiger partial charge in [-0.3, -0.25) is 24.5 Å². The van der Waals surface area contributed by atoms with Crippen molar-refractivity contribution < 1.29 is 23.6 Å². The van der Waals surface area contributed by atoms with E-state index in [4.69, 9.17) is 0 Å². The largest absolute Gasteiger partial charge is 0.322 e. The number of carbonyl (C=O) groups is 4. The number of rotatable bonds is 2. The van der Waals surface area contributed by atoms with Crippen molar-refractivity contribution in [2.24, 2.45) is 0 Å². The maximum atomic E-state index is 14.1. The lowest BCUT2D eigenvalue weighted by molar-refractivity contribution is -0.136. The highest BCUT2D eigenvalue weighted by Crippen LogP contribution is 2.30. The minimum Gasteiger partial charge on any atom is -0.322 e. The number of nitrogens with one attached hydrogen (secondary N) is 1. The molecule has 3 rings (SSSR count). The van der Waals surface area contributed by atoms with E-state index < -0.39 is 23.7 Å². The van der Waals surface area contributed by atoms with Gasteiger partial charge in [0.2, 0.25) is 11.8 Å². The minimum atomic E-state index is -0.790. The third-order valence-electron chi connectivity index (χ3n) is 3.81. The number of hydrogen-bond donors (Lipinski definition) is 1. The Morgan fingerprint density at radius 2 is 2.05 bits per heavy atom. The fourth-order valence-electron chi connectivity index (χ4n) is 2.71. The van der Waals surface area contributed by atoms with Gasteiger partial charge in [-0.1, -0.05) is 0 Å². The zero-order chi connectivity index (χ0) is 15.1. The Kier molecular flexibility index (Phi) is 3.04. The van der Waals surface area contributed by atoms with Crippen LogP contribution in [0.4, 0.5) is 4.39 Å². The Bertz CT molecular complexity index is 686. The number of hydrogen-bond acceptors (Lipinski definition) is 4. The Morgan fingerprint density at radius 3 is 2.71 bits per heavy atom. The maximum absolute atomic E-state index is 14.1. The van der Waals surface area contributed by atoms with E-state index >= 15 is 0 Å². The van der Waals surface area contributed by atoms with Crippen LogP contribution in [0.25, 0.3) is 0 Å². The van der Waals surface area contributed by atoms with E-state index in [1.54, 1.807) is 0 Å². The van der Waals surface area contributed by atoms with Gasteiger partial charge < -0.3 is 4.90 Å². The molecule has 6 nitrogen and oxygen atoms in total. The number of nitrogens with zero attached hydrogens (tertiary/aromatic N) is 1. The fraction of sp³-hybridized carbons (Fsp3) is 0.286. The van der Waals surface area contributed by atoms with E-state index in [1.165, 1.54) is 17.0 Å². The number of amides is 3. The minimum absolute atomic E-state index is 0.0754. The van der Waals surface area contributed by atoms with Gasteiger partial charge in [-0.25, -0.2) is 4.39 Å². The van der Waals surface area contributed by atoms with Crippen molar-refractivity contribution in [1.82, 2.24) is 10.2 Å². The van der Waals surface area contributed by atoms with Crippen LogP contribution in [0.5, 0.6) is 0 Å². The first-order chi connectivity index (χ1) is 10.0. The predicted octanol–water partition coefficient (Wildman–Crippen LogP) is 0.399. The van der Waals surface area contributed by atoms with Crippen LogP contribution in [0.1, 0.15) is 39.1 Å². The summed E-state index contributed by atoms with van der Waals surface area (Å²) >= 11 is 0. The van der Waals surface area contributed by atoms with E-state index in [-0.39, 0.29) is 42.0 Å². The van der Waals surface area contributed by atoms with Crippen LogP contribution in [0.15, 0.2) is 12.1 Å². The molecule has 1 aromatic carbocycles. The average molecular weight is 290 g/mol. The molecule has 2 heterocycles. The molecular weight excluding hydrogens is 279 g/mol. The van der Waals surface area contributed by atoms with Crippen LogP contribution in [-0.2, 0) is 16.1 Å². The molecule has 0 spiro atoms. The van der Waals surface area contributed by atoms with Crippen molar-refractivity contribution in [3.05, 3.63) is 34.6 Å². The Balaban J connectivity index is 1.93. The van der Waals surface area contributed by atoms with Gasteiger partial charge in [-0.2, -0.15) is 0 Å². The standard InChI is InChI=1S/C14H11FN2O4/c15-12-7(6-18)1-2-8-9(12)5-17(14(8)21)10-3-4-11(19)16-13(10)20/h1-2,6,10H,3-5H2,(H,16,19,20). The van der Waals surface area contributed by atoms with E-state index in [0.29, 0.717) is 6.29 Å². The van der Waals surface area contributed by atoms with Gasteiger partial charge >= 0.3 is 0 Å². The molecule has 0 bridgehead atoms. The zero-order valence-electron chi connectivity index (χ0n) is 10.9. The van der Waals surface area contributed by atoms with E-state index in [1.807, 2.05) is 0 Å². The van der Waals surface area contributed by atoms with Crippen molar-refractivity contribution in [1.29, 1.82) is 0 Å². The van der Waals surface area contributed by atoms with Crippen LogP contribution >= 0.6 is 0 Å². The molecule has 7 heteroatoms. The van der Waals surface area contributed by atoms with Crippen molar-refractivity contribution in [2.45, 2.75) is 25.4 Å². The SMILES string of the molecule is O=Cc1ccc2c(c1F)CN(C1CCC(=O)NC1=O)C2=O. The smallest absolute Gasteiger partial charge is 0.255 e. The Labute approximate surface area is 118 Å². The van der Waals surface area contributed by atoms with E-state index in [2.05, 4.69) is 5.32 Å². The number of imide groups is 1. The Hall–Kier alpha value is -2.57. The maximum Gasteiger partial charge on any atom is 0.255 e. The second kappa shape index (κ2) is 4.76. The zero-order valence-corrected chi connectivity index (χ0v) is 10.9. The summed E-state index contributed by atoms with van der Waals surface area (Å²) in [5.41, 5.74) is 0.156. The first-order valence-electron chi connectivity index (χ1n) is 6.44. The summed E-state index contributed by atoms with van der Waals surface area (Å²) in [5.74, 6) is -2.13. The number of halogens is 1. The van der Waals surface area contributed by atoms with Crippen LogP contribution in [0, 0.1) is 5.82 Å². The summed E-state index contributed by atoms with van der Waals surface area (Å²) in [7, 11) is 0. The summed E-state index contributed by atoms with van der Waals surface area (Å²) < 4.78 is 14.1. The fourth-order valence-corrected chi connectivity index (χ4v) is 2.71. The normalized spacial score (nSPS) is 21.3. The van der Waals surface area contributed by atoms with Gasteiger partial charge in [0, 0.05) is 17.5 Å². The van der Waals surface area contributed by atoms with Gasteiger partial charge in [0.15, 0.2) is 6.29 Å². The summed E-state index contributed by atoms with van der Waals surface area (Å²) in [6.45, 7) is -0.0754. The highest BCUT2D eigenvalue weighted by molar-refractivity contribution is 6.05. The lowest BCUT2D eigenvalue weighted by atomic mass is 10.0. The monoisotopic (exact) mass is 290 g/mol. The van der Waals surface area contributed by atoms with Crippen LogP contribution in [0.2, 0.25) is 0 Å². The second-order valence-electron chi connectivity index (χ2n) is 5.01. The number of aldehydes is 1. The molecule has 2 aliphatic rings. The highest BCUT2D eigenvalue weighted by atomic mass is 19.1. The first-order valence-corrected chi connectivity index (χ1v) is 6.44. The molecule has 0 radical (unpaired) electrons. The van der Waals surface area contributed by atoms with Crippen LogP contribution < -0.4 is 5.32 Å². The molecule has 1 atom stereocenters. The van der Waals surface area contributed by atoms with Crippen molar-refractivity contribution in [3.8, 4) is 0 Å². The molecule has 108 valence electrons. The quantitative estimate of drug-likeness (QED) is 0.631. The third kappa shape index (κ3) is 2.01. The number of fused-ring (bicyclic) bond motifs is 1. The average Bonchev–Trinajstić information content (AvgIpc) is 2.78. The van der Waals surface area contributed by atoms with Crippen LogP contribution in [0.3, 0.4) is 0 Å². The summed E-state index contributed by atoms with van der Waals surface area (Å²) in [6.07, 6.45) is 0.736. The molecule has 3 amide bonds. The lowest BCUT2D eigenvalue weighted by Gasteiger charge is -2.29. The van der Waals surface area contributed by atoms with Gasteiger partial charge in [0.05, 0.1) is 12.1 Å². The number of piperidine rings is 1. The molecule has 1 saturated heterocycles. The molecule has 1 unspecified atom stereocenters. The predicted molar refractivity (Wildman–Crippen MR) is 67.8 cm³/mol. The first kappa shape index (κ1) is 13.4. The number of carbonyl (C=O) groups excluding carboxylic acids is 4. The molecule has 1 N–H and O–H groups in total. The van der Waals surface area contributed by atoms with Gasteiger partial charge in [-0.05, 0) is 18.6 Å². The molecule has 0 saturated carbocycles. The van der Waals surface area contributed by atoms with Crippen molar-refractivity contribution in [3.63, 3.8) is 0 Å². The molecule has 0 aliphatic carbocycles. The summed E-state index contributed by atoms with van der Waals surface area (Å²) in [6, 6.07) is 1.84. The molecule has 1 fully saturated rings. The van der Waals surface area contributed by atoms with E-state index in [9.17, 15) is 23.6 Å². The second-order valence-corrected chi connectivity index (χ2v) is 5.01. The molecule has 2 aliphatic heterocycles. The number of benzene rings is 1.